The molecule has 0 bridgehead atoms. The zero-order valence-electron chi connectivity index (χ0n) is 12.9. The van der Waals surface area contributed by atoms with Crippen molar-refractivity contribution in [3.63, 3.8) is 0 Å². The minimum absolute atomic E-state index is 0.442. The SMILES string of the molecule is COc1cc(NC2CC(C)N(C)C2)cc(OC)c1OC. The summed E-state index contributed by atoms with van der Waals surface area (Å²) in [5.41, 5.74) is 0.993. The number of benzene rings is 1. The Morgan fingerprint density at radius 2 is 1.70 bits per heavy atom. The second-order valence-electron chi connectivity index (χ2n) is 5.28. The molecule has 1 aromatic carbocycles. The maximum Gasteiger partial charge on any atom is 0.203 e. The van der Waals surface area contributed by atoms with Crippen LogP contribution in [0.15, 0.2) is 12.1 Å². The van der Waals surface area contributed by atoms with Gasteiger partial charge in [0.2, 0.25) is 5.75 Å². The molecule has 5 heteroatoms. The number of hydrogen-bond acceptors (Lipinski definition) is 5. The summed E-state index contributed by atoms with van der Waals surface area (Å²) in [6.07, 6.45) is 1.13. The van der Waals surface area contributed by atoms with Gasteiger partial charge in [-0.25, -0.2) is 0 Å². The summed E-state index contributed by atoms with van der Waals surface area (Å²) < 4.78 is 16.1. The van der Waals surface area contributed by atoms with Crippen LogP contribution in [0.5, 0.6) is 17.2 Å². The molecule has 2 rings (SSSR count). The van der Waals surface area contributed by atoms with E-state index in [2.05, 4.69) is 24.2 Å². The van der Waals surface area contributed by atoms with Gasteiger partial charge in [0.05, 0.1) is 21.3 Å². The van der Waals surface area contributed by atoms with Gasteiger partial charge in [-0.15, -0.1) is 0 Å². The van der Waals surface area contributed by atoms with Crippen molar-refractivity contribution in [2.45, 2.75) is 25.4 Å². The van der Waals surface area contributed by atoms with E-state index < -0.39 is 0 Å². The predicted molar refractivity (Wildman–Crippen MR) is 80.2 cm³/mol. The first-order chi connectivity index (χ1) is 9.58. The van der Waals surface area contributed by atoms with Crippen LogP contribution in [0.2, 0.25) is 0 Å². The van der Waals surface area contributed by atoms with Crippen molar-refractivity contribution in [3.05, 3.63) is 12.1 Å². The molecular formula is C15H24N2O3. The molecule has 0 aromatic heterocycles. The van der Waals surface area contributed by atoms with E-state index in [1.807, 2.05) is 12.1 Å². The topological polar surface area (TPSA) is 43.0 Å². The summed E-state index contributed by atoms with van der Waals surface area (Å²) in [5.74, 6) is 1.97. The van der Waals surface area contributed by atoms with Crippen molar-refractivity contribution < 1.29 is 14.2 Å². The van der Waals surface area contributed by atoms with Gasteiger partial charge in [-0.1, -0.05) is 0 Å². The van der Waals surface area contributed by atoms with Gasteiger partial charge in [0.15, 0.2) is 11.5 Å². The van der Waals surface area contributed by atoms with E-state index in [4.69, 9.17) is 14.2 Å². The van der Waals surface area contributed by atoms with E-state index in [-0.39, 0.29) is 0 Å². The molecule has 0 amide bonds. The Labute approximate surface area is 120 Å². The number of likely N-dealkylation sites (N-methyl/N-ethyl adjacent to an activating group) is 1. The molecule has 1 aliphatic rings. The largest absolute Gasteiger partial charge is 0.493 e. The van der Waals surface area contributed by atoms with E-state index >= 15 is 0 Å². The van der Waals surface area contributed by atoms with Crippen LogP contribution in [0.3, 0.4) is 0 Å². The Hall–Kier alpha value is -1.62. The summed E-state index contributed by atoms with van der Waals surface area (Å²) in [5, 5.41) is 3.55. The molecule has 1 heterocycles. The highest BCUT2D eigenvalue weighted by Crippen LogP contribution is 2.40. The van der Waals surface area contributed by atoms with Gasteiger partial charge in [0.1, 0.15) is 0 Å². The lowest BCUT2D eigenvalue weighted by molar-refractivity contribution is 0.324. The number of likely N-dealkylation sites (tertiary alicyclic amines) is 1. The quantitative estimate of drug-likeness (QED) is 0.896. The second-order valence-corrected chi connectivity index (χ2v) is 5.28. The Balaban J connectivity index is 2.20. The van der Waals surface area contributed by atoms with Crippen LogP contribution < -0.4 is 19.5 Å². The molecule has 112 valence electrons. The van der Waals surface area contributed by atoms with E-state index in [0.717, 1.165) is 18.7 Å². The number of methoxy groups -OCH3 is 3. The lowest BCUT2D eigenvalue weighted by Gasteiger charge is -2.18. The summed E-state index contributed by atoms with van der Waals surface area (Å²) in [7, 11) is 7.03. The van der Waals surface area contributed by atoms with Gasteiger partial charge in [0.25, 0.3) is 0 Å². The maximum atomic E-state index is 5.37. The maximum absolute atomic E-state index is 5.37. The van der Waals surface area contributed by atoms with E-state index in [1.54, 1.807) is 21.3 Å². The first-order valence-corrected chi connectivity index (χ1v) is 6.85. The van der Waals surface area contributed by atoms with Crippen molar-refractivity contribution in [1.82, 2.24) is 4.90 Å². The van der Waals surface area contributed by atoms with Gasteiger partial charge < -0.3 is 24.4 Å². The van der Waals surface area contributed by atoms with Crippen molar-refractivity contribution in [3.8, 4) is 17.2 Å². The fourth-order valence-electron chi connectivity index (χ4n) is 2.70. The summed E-state index contributed by atoms with van der Waals surface area (Å²) in [6, 6.07) is 4.95. The fourth-order valence-corrected chi connectivity index (χ4v) is 2.70. The molecule has 1 aromatic rings. The highest BCUT2D eigenvalue weighted by atomic mass is 16.5. The normalized spacial score (nSPS) is 22.6. The third-order valence-corrected chi connectivity index (χ3v) is 3.92. The zero-order chi connectivity index (χ0) is 14.7. The number of nitrogens with one attached hydrogen (secondary N) is 1. The molecular weight excluding hydrogens is 256 g/mol. The molecule has 1 N–H and O–H groups in total. The molecule has 5 nitrogen and oxygen atoms in total. The van der Waals surface area contributed by atoms with Crippen molar-refractivity contribution in [2.75, 3.05) is 40.2 Å². The fraction of sp³-hybridized carbons (Fsp3) is 0.600. The molecule has 1 saturated heterocycles. The van der Waals surface area contributed by atoms with Crippen LogP contribution in [-0.2, 0) is 0 Å². The Kier molecular flexibility index (Phi) is 4.60. The molecule has 0 saturated carbocycles. The van der Waals surface area contributed by atoms with Gasteiger partial charge in [0, 0.05) is 36.4 Å². The summed E-state index contributed by atoms with van der Waals surface area (Å²) >= 11 is 0. The summed E-state index contributed by atoms with van der Waals surface area (Å²) in [6.45, 7) is 3.29. The molecule has 1 aliphatic heterocycles. The third kappa shape index (κ3) is 2.93. The molecule has 0 spiro atoms. The molecule has 2 unspecified atom stereocenters. The summed E-state index contributed by atoms with van der Waals surface area (Å²) in [4.78, 5) is 2.36. The van der Waals surface area contributed by atoms with Crippen LogP contribution in [0, 0.1) is 0 Å². The highest BCUT2D eigenvalue weighted by molar-refractivity contribution is 5.62. The minimum atomic E-state index is 0.442. The molecule has 0 radical (unpaired) electrons. The van der Waals surface area contributed by atoms with Crippen LogP contribution in [-0.4, -0.2) is 51.9 Å². The smallest absolute Gasteiger partial charge is 0.203 e. The zero-order valence-corrected chi connectivity index (χ0v) is 12.9. The number of rotatable bonds is 5. The van der Waals surface area contributed by atoms with E-state index in [9.17, 15) is 0 Å². The highest BCUT2D eigenvalue weighted by Gasteiger charge is 2.26. The number of ether oxygens (including phenoxy) is 3. The van der Waals surface area contributed by atoms with Gasteiger partial charge in [-0.2, -0.15) is 0 Å². The van der Waals surface area contributed by atoms with E-state index in [0.29, 0.717) is 29.3 Å². The minimum Gasteiger partial charge on any atom is -0.493 e. The third-order valence-electron chi connectivity index (χ3n) is 3.92. The Morgan fingerprint density at radius 1 is 1.10 bits per heavy atom. The van der Waals surface area contributed by atoms with Crippen LogP contribution in [0.4, 0.5) is 5.69 Å². The predicted octanol–water partition coefficient (Wildman–Crippen LogP) is 2.22. The number of anilines is 1. The van der Waals surface area contributed by atoms with Crippen LogP contribution in [0.1, 0.15) is 13.3 Å². The van der Waals surface area contributed by atoms with Gasteiger partial charge >= 0.3 is 0 Å². The molecule has 2 atom stereocenters. The first kappa shape index (κ1) is 14.8. The Morgan fingerprint density at radius 3 is 2.10 bits per heavy atom. The van der Waals surface area contributed by atoms with Crippen LogP contribution >= 0.6 is 0 Å². The lowest BCUT2D eigenvalue weighted by Crippen LogP contribution is -2.24. The average Bonchev–Trinajstić information content (AvgIpc) is 2.75. The van der Waals surface area contributed by atoms with E-state index in [1.165, 1.54) is 0 Å². The lowest BCUT2D eigenvalue weighted by atomic mass is 10.1. The van der Waals surface area contributed by atoms with Crippen molar-refractivity contribution >= 4 is 5.69 Å². The second kappa shape index (κ2) is 6.22. The Bertz CT molecular complexity index is 429. The number of hydrogen-bond donors (Lipinski definition) is 1. The first-order valence-electron chi connectivity index (χ1n) is 6.85. The molecule has 20 heavy (non-hydrogen) atoms. The number of nitrogens with zero attached hydrogens (tertiary/aromatic N) is 1. The van der Waals surface area contributed by atoms with Crippen molar-refractivity contribution in [2.24, 2.45) is 0 Å². The van der Waals surface area contributed by atoms with Crippen LogP contribution in [0.25, 0.3) is 0 Å². The monoisotopic (exact) mass is 280 g/mol. The molecule has 1 fully saturated rings. The molecule has 0 aliphatic carbocycles. The van der Waals surface area contributed by atoms with Gasteiger partial charge in [-0.05, 0) is 20.4 Å². The standard InChI is InChI=1S/C15H24N2O3/c1-10-6-12(9-17(10)2)16-11-7-13(18-3)15(20-5)14(8-11)19-4/h7-8,10,12,16H,6,9H2,1-5H3. The van der Waals surface area contributed by atoms with Gasteiger partial charge in [-0.3, -0.25) is 0 Å². The average molecular weight is 280 g/mol. The van der Waals surface area contributed by atoms with Crippen molar-refractivity contribution in [1.29, 1.82) is 0 Å².